The molecule has 0 N–H and O–H groups in total. The largest absolute Gasteiger partial charge is 0.499 e. The Balaban J connectivity index is 3.01. The predicted octanol–water partition coefficient (Wildman–Crippen LogP) is 1.35. The molecular formula is C26H52O12. The van der Waals surface area contributed by atoms with Crippen LogP contribution in [-0.4, -0.2) is 152 Å². The summed E-state index contributed by atoms with van der Waals surface area (Å²) in [6.07, 6.45) is 1.40. The van der Waals surface area contributed by atoms with E-state index in [-0.39, 0.29) is 0 Å². The molecule has 0 fully saturated rings. The topological polar surface area (TPSA) is 111 Å². The fourth-order valence-electron chi connectivity index (χ4n) is 2.53. The minimum absolute atomic E-state index is 0.504. The van der Waals surface area contributed by atoms with Crippen molar-refractivity contribution in [1.82, 2.24) is 0 Å². The molecule has 12 heteroatoms. The first-order chi connectivity index (χ1) is 18.9. The van der Waals surface area contributed by atoms with E-state index in [1.54, 1.807) is 0 Å². The Labute approximate surface area is 229 Å². The van der Waals surface area contributed by atoms with Crippen LogP contribution in [0.2, 0.25) is 0 Å². The molecule has 0 spiro atoms. The highest BCUT2D eigenvalue weighted by atomic mass is 16.6. The number of rotatable bonds is 35. The molecule has 0 aromatic carbocycles. The second-order valence-corrected chi connectivity index (χ2v) is 7.36. The highest BCUT2D eigenvalue weighted by Gasteiger charge is 1.96. The Hall–Kier alpha value is -0.900. The molecule has 0 aliphatic carbocycles. The van der Waals surface area contributed by atoms with Crippen LogP contribution in [0.25, 0.3) is 0 Å². The van der Waals surface area contributed by atoms with Crippen LogP contribution >= 0.6 is 0 Å². The Kier molecular flexibility index (Phi) is 35.2. The summed E-state index contributed by atoms with van der Waals surface area (Å²) in [5, 5.41) is 0. The molecule has 0 amide bonds. The minimum atomic E-state index is 0.504. The summed E-state index contributed by atoms with van der Waals surface area (Å²) >= 11 is 0. The third kappa shape index (κ3) is 35.1. The van der Waals surface area contributed by atoms with Crippen molar-refractivity contribution in [3.63, 3.8) is 0 Å². The van der Waals surface area contributed by atoms with E-state index in [0.717, 1.165) is 0 Å². The Morgan fingerprint density at radius 1 is 0.316 bits per heavy atom. The first-order valence-electron chi connectivity index (χ1n) is 13.5. The lowest BCUT2D eigenvalue weighted by atomic mass is 10.6. The molecular weight excluding hydrogens is 504 g/mol. The first-order valence-corrected chi connectivity index (χ1v) is 13.5. The second kappa shape index (κ2) is 36.1. The molecule has 0 aromatic rings. The van der Waals surface area contributed by atoms with E-state index in [4.69, 9.17) is 56.8 Å². The summed E-state index contributed by atoms with van der Waals surface area (Å²) in [5.41, 5.74) is 0. The monoisotopic (exact) mass is 556 g/mol. The van der Waals surface area contributed by atoms with Crippen molar-refractivity contribution in [3.05, 3.63) is 12.8 Å². The molecule has 12 nitrogen and oxygen atoms in total. The maximum atomic E-state index is 5.46. The van der Waals surface area contributed by atoms with Crippen LogP contribution in [0.4, 0.5) is 0 Å². The standard InChI is InChI=1S/C26H52O12/c1-3-27-5-7-29-9-11-31-13-15-33-17-19-35-21-23-37-25-26-38-24-22-36-20-18-34-16-14-32-12-10-30-8-6-28-4-2/h3H,1,4-26H2,2H3. The molecule has 38 heavy (non-hydrogen) atoms. The summed E-state index contributed by atoms with van der Waals surface area (Å²) in [6, 6.07) is 0. The maximum absolute atomic E-state index is 5.46. The molecule has 0 radical (unpaired) electrons. The van der Waals surface area contributed by atoms with Crippen molar-refractivity contribution in [2.75, 3.05) is 152 Å². The van der Waals surface area contributed by atoms with Crippen molar-refractivity contribution in [3.8, 4) is 0 Å². The first kappa shape index (κ1) is 37.1. The fraction of sp³-hybridized carbons (Fsp3) is 0.923. The lowest BCUT2D eigenvalue weighted by Crippen LogP contribution is -2.15. The van der Waals surface area contributed by atoms with Gasteiger partial charge in [0.1, 0.15) is 6.61 Å². The van der Waals surface area contributed by atoms with E-state index in [1.807, 2.05) is 6.92 Å². The second-order valence-electron chi connectivity index (χ2n) is 7.36. The van der Waals surface area contributed by atoms with Crippen LogP contribution in [-0.2, 0) is 56.8 Å². The average molecular weight is 557 g/mol. The van der Waals surface area contributed by atoms with Crippen LogP contribution in [0, 0.1) is 0 Å². The molecule has 0 aromatic heterocycles. The summed E-state index contributed by atoms with van der Waals surface area (Å²) in [6.45, 7) is 17.9. The molecule has 0 heterocycles. The van der Waals surface area contributed by atoms with Gasteiger partial charge in [-0.15, -0.1) is 0 Å². The summed E-state index contributed by atoms with van der Waals surface area (Å²) < 4.78 is 64.2. The van der Waals surface area contributed by atoms with E-state index in [1.165, 1.54) is 6.26 Å². The van der Waals surface area contributed by atoms with Crippen LogP contribution in [0.15, 0.2) is 12.8 Å². The molecule has 0 saturated heterocycles. The van der Waals surface area contributed by atoms with Gasteiger partial charge in [0, 0.05) is 6.61 Å². The van der Waals surface area contributed by atoms with Crippen LogP contribution < -0.4 is 0 Å². The fourth-order valence-corrected chi connectivity index (χ4v) is 2.53. The van der Waals surface area contributed by atoms with Crippen LogP contribution in [0.1, 0.15) is 6.92 Å². The minimum Gasteiger partial charge on any atom is -0.499 e. The summed E-state index contributed by atoms with van der Waals surface area (Å²) in [4.78, 5) is 0. The van der Waals surface area contributed by atoms with Gasteiger partial charge in [0.15, 0.2) is 0 Å². The highest BCUT2D eigenvalue weighted by Crippen LogP contribution is 1.87. The molecule has 0 rings (SSSR count). The zero-order chi connectivity index (χ0) is 27.5. The molecule has 0 bridgehead atoms. The van der Waals surface area contributed by atoms with Gasteiger partial charge in [0.05, 0.1) is 145 Å². The van der Waals surface area contributed by atoms with Gasteiger partial charge < -0.3 is 56.8 Å². The van der Waals surface area contributed by atoms with E-state index < -0.39 is 0 Å². The smallest absolute Gasteiger partial charge is 0.111 e. The Bertz CT molecular complexity index is 431. The molecule has 0 atom stereocenters. The Morgan fingerprint density at radius 3 is 0.684 bits per heavy atom. The molecule has 228 valence electrons. The van der Waals surface area contributed by atoms with E-state index >= 15 is 0 Å². The number of hydrogen-bond acceptors (Lipinski definition) is 12. The van der Waals surface area contributed by atoms with Crippen molar-refractivity contribution in [2.45, 2.75) is 6.92 Å². The zero-order valence-electron chi connectivity index (χ0n) is 23.4. The molecule has 0 unspecified atom stereocenters. The van der Waals surface area contributed by atoms with Crippen molar-refractivity contribution >= 4 is 0 Å². The molecule has 0 aliphatic rings. The lowest BCUT2D eigenvalue weighted by molar-refractivity contribution is -0.0277. The number of hydrogen-bond donors (Lipinski definition) is 0. The quantitative estimate of drug-likeness (QED) is 0.0830. The van der Waals surface area contributed by atoms with Crippen LogP contribution in [0.5, 0.6) is 0 Å². The van der Waals surface area contributed by atoms with Crippen molar-refractivity contribution < 1.29 is 56.8 Å². The maximum Gasteiger partial charge on any atom is 0.111 e. The lowest BCUT2D eigenvalue weighted by Gasteiger charge is -2.09. The highest BCUT2D eigenvalue weighted by molar-refractivity contribution is 4.47. The third-order valence-electron chi connectivity index (χ3n) is 4.39. The van der Waals surface area contributed by atoms with Gasteiger partial charge in [0.25, 0.3) is 0 Å². The summed E-state index contributed by atoms with van der Waals surface area (Å²) in [5.74, 6) is 0. The van der Waals surface area contributed by atoms with Gasteiger partial charge in [-0.25, -0.2) is 0 Å². The van der Waals surface area contributed by atoms with E-state index in [2.05, 4.69) is 6.58 Å². The van der Waals surface area contributed by atoms with Gasteiger partial charge in [-0.3, -0.25) is 0 Å². The van der Waals surface area contributed by atoms with Gasteiger partial charge in [0.2, 0.25) is 0 Å². The Morgan fingerprint density at radius 2 is 0.500 bits per heavy atom. The van der Waals surface area contributed by atoms with Gasteiger partial charge in [-0.1, -0.05) is 6.58 Å². The zero-order valence-corrected chi connectivity index (χ0v) is 23.4. The van der Waals surface area contributed by atoms with E-state index in [0.29, 0.717) is 152 Å². The number of ether oxygens (including phenoxy) is 12. The van der Waals surface area contributed by atoms with Gasteiger partial charge >= 0.3 is 0 Å². The van der Waals surface area contributed by atoms with Crippen molar-refractivity contribution in [1.29, 1.82) is 0 Å². The average Bonchev–Trinajstić information content (AvgIpc) is 2.93. The van der Waals surface area contributed by atoms with Crippen LogP contribution in [0.3, 0.4) is 0 Å². The SMILES string of the molecule is C=COCCOCCOCCOCCOCCOCCOCCOCCOCCOCCOCCOCC. The molecule has 0 saturated carbocycles. The predicted molar refractivity (Wildman–Crippen MR) is 141 cm³/mol. The van der Waals surface area contributed by atoms with E-state index in [9.17, 15) is 0 Å². The normalized spacial score (nSPS) is 11.3. The third-order valence-corrected chi connectivity index (χ3v) is 4.39. The summed E-state index contributed by atoms with van der Waals surface area (Å²) in [7, 11) is 0. The molecule has 0 aliphatic heterocycles. The van der Waals surface area contributed by atoms with Gasteiger partial charge in [-0.05, 0) is 6.92 Å². The van der Waals surface area contributed by atoms with Crippen molar-refractivity contribution in [2.24, 2.45) is 0 Å². The van der Waals surface area contributed by atoms with Gasteiger partial charge in [-0.2, -0.15) is 0 Å².